The van der Waals surface area contributed by atoms with E-state index in [-0.39, 0.29) is 12.4 Å². The zero-order chi connectivity index (χ0) is 15.7. The van der Waals surface area contributed by atoms with E-state index in [0.29, 0.717) is 12.2 Å². The van der Waals surface area contributed by atoms with Crippen LogP contribution in [0, 0.1) is 22.6 Å². The predicted molar refractivity (Wildman–Crippen MR) is 76.9 cm³/mol. The first-order valence-corrected chi connectivity index (χ1v) is 8.60. The Bertz CT molecular complexity index is 668. The molecule has 1 aliphatic carbocycles. The lowest BCUT2D eigenvalue weighted by Crippen LogP contribution is -2.20. The second-order valence-electron chi connectivity index (χ2n) is 5.19. The van der Waals surface area contributed by atoms with E-state index >= 15 is 0 Å². The number of nitrogens with zero attached hydrogens (tertiary/aromatic N) is 1. The minimum Gasteiger partial charge on any atom is -0.380 e. The van der Waals surface area contributed by atoms with Crippen LogP contribution in [0.3, 0.4) is 0 Å². The fraction of sp³-hybridized carbons (Fsp3) is 0.533. The molecule has 0 bridgehead atoms. The summed E-state index contributed by atoms with van der Waals surface area (Å²) in [5, 5.41) is 8.70. The number of benzene rings is 1. The quantitative estimate of drug-likeness (QED) is 0.808. The van der Waals surface area contributed by atoms with Gasteiger partial charge >= 0.3 is 0 Å². The molecule has 1 fully saturated rings. The first-order valence-electron chi connectivity index (χ1n) is 6.89. The molecule has 21 heavy (non-hydrogen) atoms. The molecule has 4 nitrogen and oxygen atoms in total. The molecule has 1 saturated carbocycles. The van der Waals surface area contributed by atoms with Crippen molar-refractivity contribution in [2.24, 2.45) is 5.41 Å². The Balaban J connectivity index is 2.44. The van der Waals surface area contributed by atoms with Crippen molar-refractivity contribution in [3.05, 3.63) is 35.6 Å². The van der Waals surface area contributed by atoms with Crippen LogP contribution < -0.4 is 0 Å². The maximum absolute atomic E-state index is 13.4. The predicted octanol–water partition coefficient (Wildman–Crippen LogP) is 2.27. The minimum atomic E-state index is -3.41. The molecule has 0 radical (unpaired) electrons. The van der Waals surface area contributed by atoms with Crippen LogP contribution in [0.15, 0.2) is 24.3 Å². The van der Waals surface area contributed by atoms with E-state index in [9.17, 15) is 18.1 Å². The molecular weight excluding hydrogens is 293 g/mol. The van der Waals surface area contributed by atoms with Gasteiger partial charge in [0.05, 0.1) is 17.9 Å². The van der Waals surface area contributed by atoms with Crippen LogP contribution >= 0.6 is 0 Å². The zero-order valence-electron chi connectivity index (χ0n) is 12.0. The summed E-state index contributed by atoms with van der Waals surface area (Å²) in [5.41, 5.74) is -0.572. The van der Waals surface area contributed by atoms with Gasteiger partial charge in [0.25, 0.3) is 0 Å². The molecule has 0 aromatic heterocycles. The molecular formula is C15H18FNO3S. The molecule has 0 aliphatic heterocycles. The third kappa shape index (κ3) is 2.68. The molecule has 0 N–H and O–H groups in total. The van der Waals surface area contributed by atoms with E-state index in [0.717, 1.165) is 0 Å². The van der Waals surface area contributed by atoms with Gasteiger partial charge in [0.15, 0.2) is 9.84 Å². The van der Waals surface area contributed by atoms with Crippen molar-refractivity contribution in [1.29, 1.82) is 5.26 Å². The van der Waals surface area contributed by atoms with Crippen molar-refractivity contribution in [2.75, 3.05) is 19.0 Å². The summed E-state index contributed by atoms with van der Waals surface area (Å²) >= 11 is 0. The number of hydrogen-bond acceptors (Lipinski definition) is 4. The summed E-state index contributed by atoms with van der Waals surface area (Å²) in [6, 6.07) is 7.91. The molecule has 0 amide bonds. The van der Waals surface area contributed by atoms with Gasteiger partial charge in [0.2, 0.25) is 0 Å². The molecule has 0 heterocycles. The average Bonchev–Trinajstić information content (AvgIpc) is 3.15. The SMILES string of the molecule is CCOC[C@]1(C#N)[C@H](c2cccc(F)c2)[C@@H]1S(=O)(=O)CC. The Morgan fingerprint density at radius 1 is 1.43 bits per heavy atom. The molecule has 2 rings (SSSR count). The molecule has 1 aromatic carbocycles. The van der Waals surface area contributed by atoms with Crippen LogP contribution in [-0.4, -0.2) is 32.6 Å². The minimum absolute atomic E-state index is 0.0426. The number of halogens is 1. The molecule has 3 atom stereocenters. The van der Waals surface area contributed by atoms with E-state index in [4.69, 9.17) is 4.74 Å². The fourth-order valence-corrected chi connectivity index (χ4v) is 4.90. The van der Waals surface area contributed by atoms with Gasteiger partial charge in [-0.05, 0) is 24.6 Å². The van der Waals surface area contributed by atoms with Crippen molar-refractivity contribution < 1.29 is 17.5 Å². The maximum Gasteiger partial charge on any atom is 0.155 e. The normalized spacial score (nSPS) is 28.1. The lowest BCUT2D eigenvalue weighted by Gasteiger charge is -2.09. The topological polar surface area (TPSA) is 67.2 Å². The van der Waals surface area contributed by atoms with Crippen LogP contribution in [0.2, 0.25) is 0 Å². The van der Waals surface area contributed by atoms with Gasteiger partial charge in [0.1, 0.15) is 11.2 Å². The Labute approximate surface area is 124 Å². The highest BCUT2D eigenvalue weighted by molar-refractivity contribution is 7.92. The summed E-state index contributed by atoms with van der Waals surface area (Å²) in [4.78, 5) is 0. The van der Waals surface area contributed by atoms with E-state index in [1.54, 1.807) is 19.9 Å². The van der Waals surface area contributed by atoms with E-state index in [2.05, 4.69) is 6.07 Å². The van der Waals surface area contributed by atoms with Gasteiger partial charge in [-0.15, -0.1) is 0 Å². The van der Waals surface area contributed by atoms with Gasteiger partial charge in [-0.1, -0.05) is 19.1 Å². The second kappa shape index (κ2) is 5.74. The molecule has 0 unspecified atom stereocenters. The molecule has 6 heteroatoms. The van der Waals surface area contributed by atoms with Crippen LogP contribution in [0.25, 0.3) is 0 Å². The largest absolute Gasteiger partial charge is 0.380 e. The lowest BCUT2D eigenvalue weighted by molar-refractivity contribution is 0.117. The zero-order valence-corrected chi connectivity index (χ0v) is 12.9. The highest BCUT2D eigenvalue weighted by Crippen LogP contribution is 2.63. The number of sulfone groups is 1. The van der Waals surface area contributed by atoms with Gasteiger partial charge in [-0.3, -0.25) is 0 Å². The number of nitriles is 1. The van der Waals surface area contributed by atoms with Crippen molar-refractivity contribution in [3.8, 4) is 6.07 Å². The number of ether oxygens (including phenoxy) is 1. The Hall–Kier alpha value is -1.45. The number of rotatable bonds is 6. The fourth-order valence-electron chi connectivity index (χ4n) is 2.89. The molecule has 1 aliphatic rings. The van der Waals surface area contributed by atoms with Crippen molar-refractivity contribution in [3.63, 3.8) is 0 Å². The monoisotopic (exact) mass is 311 g/mol. The maximum atomic E-state index is 13.4. The number of hydrogen-bond donors (Lipinski definition) is 0. The van der Waals surface area contributed by atoms with Crippen molar-refractivity contribution >= 4 is 9.84 Å². The van der Waals surface area contributed by atoms with Gasteiger partial charge in [0, 0.05) is 18.3 Å². The lowest BCUT2D eigenvalue weighted by atomic mass is 10.0. The van der Waals surface area contributed by atoms with E-state index in [1.165, 1.54) is 18.2 Å². The third-order valence-electron chi connectivity index (χ3n) is 4.01. The Morgan fingerprint density at radius 3 is 2.67 bits per heavy atom. The summed E-state index contributed by atoms with van der Waals surface area (Å²) in [7, 11) is -3.41. The van der Waals surface area contributed by atoms with E-state index < -0.39 is 32.2 Å². The first kappa shape index (κ1) is 15.9. The van der Waals surface area contributed by atoms with Gasteiger partial charge in [-0.25, -0.2) is 12.8 Å². The Kier molecular flexibility index (Phi) is 4.35. The van der Waals surface area contributed by atoms with Gasteiger partial charge < -0.3 is 4.74 Å². The van der Waals surface area contributed by atoms with Crippen LogP contribution in [-0.2, 0) is 14.6 Å². The highest BCUT2D eigenvalue weighted by atomic mass is 32.2. The van der Waals surface area contributed by atoms with Crippen molar-refractivity contribution in [1.82, 2.24) is 0 Å². The van der Waals surface area contributed by atoms with Crippen LogP contribution in [0.1, 0.15) is 25.3 Å². The smallest absolute Gasteiger partial charge is 0.155 e. The summed E-state index contributed by atoms with van der Waals surface area (Å²) < 4.78 is 43.3. The standard InChI is InChI=1S/C15H18FNO3S/c1-3-20-10-15(9-17)13(14(15)21(18,19)4-2)11-6-5-7-12(16)8-11/h5-8,13-14H,3-4,10H2,1-2H3/t13-,14+,15-/m1/s1. The average molecular weight is 311 g/mol. The van der Waals surface area contributed by atoms with Crippen LogP contribution in [0.5, 0.6) is 0 Å². The molecule has 0 saturated heterocycles. The highest BCUT2D eigenvalue weighted by Gasteiger charge is 2.71. The van der Waals surface area contributed by atoms with Crippen molar-refractivity contribution in [2.45, 2.75) is 25.0 Å². The van der Waals surface area contributed by atoms with E-state index in [1.807, 2.05) is 0 Å². The summed E-state index contributed by atoms with van der Waals surface area (Å²) in [6.07, 6.45) is 0. The molecule has 114 valence electrons. The molecule has 1 aromatic rings. The summed E-state index contributed by atoms with van der Waals surface area (Å²) in [5.74, 6) is -1.01. The van der Waals surface area contributed by atoms with Crippen LogP contribution in [0.4, 0.5) is 4.39 Å². The Morgan fingerprint density at radius 2 is 2.14 bits per heavy atom. The second-order valence-corrected chi connectivity index (χ2v) is 7.61. The molecule has 0 spiro atoms. The first-order chi connectivity index (χ1) is 9.93. The third-order valence-corrected chi connectivity index (χ3v) is 6.28. The van der Waals surface area contributed by atoms with Gasteiger partial charge in [-0.2, -0.15) is 5.26 Å². The summed E-state index contributed by atoms with van der Waals surface area (Å²) in [6.45, 7) is 3.79.